The Balaban J connectivity index is 2.26. The predicted molar refractivity (Wildman–Crippen MR) is 75.0 cm³/mol. The van der Waals surface area contributed by atoms with E-state index in [-0.39, 0.29) is 11.6 Å². The first kappa shape index (κ1) is 13.6. The number of benzene rings is 2. The summed E-state index contributed by atoms with van der Waals surface area (Å²) in [5, 5.41) is 3.26. The maximum Gasteiger partial charge on any atom is 0.165 e. The van der Waals surface area contributed by atoms with Crippen LogP contribution < -0.4 is 10.1 Å². The van der Waals surface area contributed by atoms with Gasteiger partial charge in [-0.3, -0.25) is 0 Å². The number of nitrogens with one attached hydrogen (secondary N) is 1. The summed E-state index contributed by atoms with van der Waals surface area (Å²) in [6.45, 7) is 5.67. The second-order valence-electron chi connectivity index (χ2n) is 4.42. The molecule has 0 saturated carbocycles. The summed E-state index contributed by atoms with van der Waals surface area (Å²) in [4.78, 5) is 0. The average molecular weight is 259 g/mol. The molecule has 0 aliphatic carbocycles. The molecule has 19 heavy (non-hydrogen) atoms. The molecule has 0 spiro atoms. The first-order chi connectivity index (χ1) is 9.20. The van der Waals surface area contributed by atoms with Crippen molar-refractivity contribution in [2.75, 3.05) is 6.54 Å². The van der Waals surface area contributed by atoms with Gasteiger partial charge in [0, 0.05) is 12.1 Å². The van der Waals surface area contributed by atoms with Crippen LogP contribution in [0, 0.1) is 12.7 Å². The maximum absolute atomic E-state index is 13.6. The Kier molecular flexibility index (Phi) is 4.53. The van der Waals surface area contributed by atoms with Crippen molar-refractivity contribution < 1.29 is 9.13 Å². The minimum atomic E-state index is -0.350. The van der Waals surface area contributed by atoms with Gasteiger partial charge in [0.25, 0.3) is 0 Å². The van der Waals surface area contributed by atoms with Gasteiger partial charge in [-0.25, -0.2) is 4.39 Å². The molecule has 0 aliphatic rings. The summed E-state index contributed by atoms with van der Waals surface area (Å²) in [5.74, 6) is 0.596. The van der Waals surface area contributed by atoms with Crippen LogP contribution in [-0.2, 0) is 6.54 Å². The Bertz CT molecular complexity index is 554. The number of halogens is 1. The van der Waals surface area contributed by atoms with Gasteiger partial charge in [-0.15, -0.1) is 0 Å². The van der Waals surface area contributed by atoms with E-state index < -0.39 is 0 Å². The van der Waals surface area contributed by atoms with Gasteiger partial charge < -0.3 is 10.1 Å². The molecule has 0 fully saturated rings. The lowest BCUT2D eigenvalue weighted by Crippen LogP contribution is -2.12. The number of rotatable bonds is 5. The van der Waals surface area contributed by atoms with Crippen LogP contribution in [0.2, 0.25) is 0 Å². The SMILES string of the molecule is CCNCc1cc(C)ccc1Oc1ccccc1F. The minimum Gasteiger partial charge on any atom is -0.454 e. The van der Waals surface area contributed by atoms with E-state index >= 15 is 0 Å². The molecule has 0 amide bonds. The summed E-state index contributed by atoms with van der Waals surface area (Å²) in [6.07, 6.45) is 0. The van der Waals surface area contributed by atoms with E-state index in [2.05, 4.69) is 11.4 Å². The summed E-state index contributed by atoms with van der Waals surface area (Å²) in [6, 6.07) is 12.3. The zero-order chi connectivity index (χ0) is 13.7. The molecule has 2 rings (SSSR count). The smallest absolute Gasteiger partial charge is 0.165 e. The number of para-hydroxylation sites is 1. The number of hydrogen-bond donors (Lipinski definition) is 1. The van der Waals surface area contributed by atoms with Gasteiger partial charge in [0.1, 0.15) is 5.75 Å². The monoisotopic (exact) mass is 259 g/mol. The van der Waals surface area contributed by atoms with E-state index in [0.717, 1.165) is 17.7 Å². The van der Waals surface area contributed by atoms with Crippen molar-refractivity contribution >= 4 is 0 Å². The Morgan fingerprint density at radius 1 is 1.11 bits per heavy atom. The Morgan fingerprint density at radius 3 is 2.63 bits per heavy atom. The van der Waals surface area contributed by atoms with E-state index in [4.69, 9.17) is 4.74 Å². The maximum atomic E-state index is 13.6. The molecule has 0 radical (unpaired) electrons. The second-order valence-corrected chi connectivity index (χ2v) is 4.42. The van der Waals surface area contributed by atoms with Crippen LogP contribution in [0.3, 0.4) is 0 Å². The van der Waals surface area contributed by atoms with Crippen molar-refractivity contribution in [1.82, 2.24) is 5.32 Å². The minimum absolute atomic E-state index is 0.254. The summed E-state index contributed by atoms with van der Waals surface area (Å²) >= 11 is 0. The van der Waals surface area contributed by atoms with Gasteiger partial charge >= 0.3 is 0 Å². The quantitative estimate of drug-likeness (QED) is 0.875. The van der Waals surface area contributed by atoms with Crippen molar-refractivity contribution in [3.05, 3.63) is 59.4 Å². The largest absolute Gasteiger partial charge is 0.454 e. The number of aryl methyl sites for hydroxylation is 1. The lowest BCUT2D eigenvalue weighted by Gasteiger charge is -2.13. The fourth-order valence-corrected chi connectivity index (χ4v) is 1.85. The van der Waals surface area contributed by atoms with Gasteiger partial charge in [0.2, 0.25) is 0 Å². The third-order valence-electron chi connectivity index (χ3n) is 2.84. The van der Waals surface area contributed by atoms with Crippen LogP contribution in [-0.4, -0.2) is 6.54 Å². The molecule has 2 nitrogen and oxygen atoms in total. The molecule has 1 N–H and O–H groups in total. The fraction of sp³-hybridized carbons (Fsp3) is 0.250. The van der Waals surface area contributed by atoms with Crippen LogP contribution in [0.15, 0.2) is 42.5 Å². The third kappa shape index (κ3) is 3.55. The highest BCUT2D eigenvalue weighted by molar-refractivity contribution is 5.40. The molecule has 0 saturated heterocycles. The molecule has 3 heteroatoms. The van der Waals surface area contributed by atoms with Crippen molar-refractivity contribution in [1.29, 1.82) is 0 Å². The topological polar surface area (TPSA) is 21.3 Å². The summed E-state index contributed by atoms with van der Waals surface area (Å²) in [5.41, 5.74) is 2.19. The first-order valence-corrected chi connectivity index (χ1v) is 6.43. The lowest BCUT2D eigenvalue weighted by molar-refractivity contribution is 0.436. The summed E-state index contributed by atoms with van der Waals surface area (Å²) < 4.78 is 19.3. The summed E-state index contributed by atoms with van der Waals surface area (Å²) in [7, 11) is 0. The number of ether oxygens (including phenoxy) is 1. The van der Waals surface area contributed by atoms with E-state index in [0.29, 0.717) is 12.3 Å². The van der Waals surface area contributed by atoms with Crippen LogP contribution in [0.1, 0.15) is 18.1 Å². The van der Waals surface area contributed by atoms with Crippen LogP contribution in [0.5, 0.6) is 11.5 Å². The van der Waals surface area contributed by atoms with Crippen molar-refractivity contribution in [3.63, 3.8) is 0 Å². The first-order valence-electron chi connectivity index (χ1n) is 6.43. The van der Waals surface area contributed by atoms with Crippen molar-refractivity contribution in [3.8, 4) is 11.5 Å². The van der Waals surface area contributed by atoms with Crippen LogP contribution in [0.4, 0.5) is 4.39 Å². The van der Waals surface area contributed by atoms with Crippen LogP contribution >= 0.6 is 0 Å². The van der Waals surface area contributed by atoms with E-state index in [9.17, 15) is 4.39 Å². The van der Waals surface area contributed by atoms with Gasteiger partial charge in [-0.2, -0.15) is 0 Å². The molecule has 0 unspecified atom stereocenters. The fourth-order valence-electron chi connectivity index (χ4n) is 1.85. The molecule has 0 heterocycles. The molecular formula is C16H18FNO. The average Bonchev–Trinajstić information content (AvgIpc) is 2.41. The Hall–Kier alpha value is -1.87. The van der Waals surface area contributed by atoms with Gasteiger partial charge in [0.15, 0.2) is 11.6 Å². The lowest BCUT2D eigenvalue weighted by atomic mass is 10.1. The predicted octanol–water partition coefficient (Wildman–Crippen LogP) is 4.04. The molecule has 0 aliphatic heterocycles. The highest BCUT2D eigenvalue weighted by atomic mass is 19.1. The molecule has 0 bridgehead atoms. The molecule has 100 valence electrons. The van der Waals surface area contributed by atoms with Gasteiger partial charge in [-0.1, -0.05) is 36.8 Å². The number of hydrogen-bond acceptors (Lipinski definition) is 2. The van der Waals surface area contributed by atoms with E-state index in [1.807, 2.05) is 26.0 Å². The second kappa shape index (κ2) is 6.34. The van der Waals surface area contributed by atoms with Gasteiger partial charge in [-0.05, 0) is 31.7 Å². The third-order valence-corrected chi connectivity index (χ3v) is 2.84. The van der Waals surface area contributed by atoms with Crippen molar-refractivity contribution in [2.45, 2.75) is 20.4 Å². The van der Waals surface area contributed by atoms with E-state index in [1.54, 1.807) is 18.2 Å². The highest BCUT2D eigenvalue weighted by Crippen LogP contribution is 2.28. The highest BCUT2D eigenvalue weighted by Gasteiger charge is 2.08. The molecule has 2 aromatic carbocycles. The Morgan fingerprint density at radius 2 is 1.89 bits per heavy atom. The molecule has 0 aromatic heterocycles. The molecule has 2 aromatic rings. The van der Waals surface area contributed by atoms with Crippen LogP contribution in [0.25, 0.3) is 0 Å². The Labute approximate surface area is 113 Å². The van der Waals surface area contributed by atoms with Crippen molar-refractivity contribution in [2.24, 2.45) is 0 Å². The molecule has 0 atom stereocenters. The van der Waals surface area contributed by atoms with Gasteiger partial charge in [0.05, 0.1) is 0 Å². The zero-order valence-electron chi connectivity index (χ0n) is 11.2. The standard InChI is InChI=1S/C16H18FNO/c1-3-18-11-13-10-12(2)8-9-15(13)19-16-7-5-4-6-14(16)17/h4-10,18H,3,11H2,1-2H3. The zero-order valence-corrected chi connectivity index (χ0v) is 11.2. The normalized spacial score (nSPS) is 10.5. The molecular weight excluding hydrogens is 241 g/mol. The van der Waals surface area contributed by atoms with E-state index in [1.165, 1.54) is 6.07 Å².